The highest BCUT2D eigenvalue weighted by molar-refractivity contribution is 7.48. The predicted octanol–water partition coefficient (Wildman–Crippen LogP) is 8.50. The lowest BCUT2D eigenvalue weighted by molar-refractivity contribution is -0.248. The first-order chi connectivity index (χ1) is 24.7. The molecule has 1 rings (SSSR count). The number of hydrogen-bond donors (Lipinski definition) is 1. The zero-order chi connectivity index (χ0) is 37.7. The molecule has 13 heteroatoms. The van der Waals surface area contributed by atoms with Crippen LogP contribution >= 0.6 is 7.82 Å². The van der Waals surface area contributed by atoms with Crippen molar-refractivity contribution in [2.75, 3.05) is 33.0 Å². The molecule has 1 fully saturated rings. The number of hydrogen-bond acceptors (Lipinski definition) is 12. The van der Waals surface area contributed by atoms with Crippen LogP contribution in [0.4, 0.5) is 4.79 Å². The van der Waals surface area contributed by atoms with Gasteiger partial charge in [0.25, 0.3) is 0 Å². The Hall–Kier alpha value is -2.57. The van der Waals surface area contributed by atoms with Crippen LogP contribution in [0.15, 0.2) is 63.3 Å². The third-order valence-electron chi connectivity index (χ3n) is 8.04. The van der Waals surface area contributed by atoms with E-state index in [4.69, 9.17) is 37.3 Å². The lowest BCUT2D eigenvalue weighted by Crippen LogP contribution is -2.67. The van der Waals surface area contributed by atoms with E-state index in [1.54, 1.807) is 0 Å². The van der Waals surface area contributed by atoms with Crippen LogP contribution < -0.4 is 0 Å². The van der Waals surface area contributed by atoms with Gasteiger partial charge < -0.3 is 28.8 Å². The second kappa shape index (κ2) is 28.9. The summed E-state index contributed by atoms with van der Waals surface area (Å²) >= 11 is 0. The van der Waals surface area contributed by atoms with E-state index in [-0.39, 0.29) is 39.5 Å². The summed E-state index contributed by atoms with van der Waals surface area (Å²) in [5, 5.41) is 11.7. The summed E-state index contributed by atoms with van der Waals surface area (Å²) in [5.74, 6) is -0.622. The molecule has 0 bridgehead atoms. The molecule has 51 heavy (non-hydrogen) atoms. The minimum Gasteiger partial charge on any atom is -0.457 e. The van der Waals surface area contributed by atoms with Crippen molar-refractivity contribution in [3.63, 3.8) is 0 Å². The molecule has 6 atom stereocenters. The van der Waals surface area contributed by atoms with Gasteiger partial charge in [0.05, 0.1) is 26.4 Å². The average Bonchev–Trinajstić information content (AvgIpc) is 3.12. The fraction of sp³-hybridized carbons (Fsp3) is 0.684. The zero-order valence-corrected chi connectivity index (χ0v) is 31.6. The van der Waals surface area contributed by atoms with Gasteiger partial charge in [-0.05, 0) is 6.42 Å². The smallest absolute Gasteiger partial charge is 0.457 e. The van der Waals surface area contributed by atoms with Gasteiger partial charge in [0.2, 0.25) is 0 Å². The Morgan fingerprint density at radius 1 is 0.588 bits per heavy atom. The predicted molar refractivity (Wildman–Crippen MR) is 197 cm³/mol. The van der Waals surface area contributed by atoms with Crippen molar-refractivity contribution in [3.05, 3.63) is 63.3 Å². The van der Waals surface area contributed by atoms with Gasteiger partial charge >= 0.3 is 19.9 Å². The van der Waals surface area contributed by atoms with Gasteiger partial charge in [0.15, 0.2) is 12.2 Å². The number of carbonyl (C=O) groups excluding carboxylic acids is 2. The molecule has 0 unspecified atom stereocenters. The zero-order valence-electron chi connectivity index (χ0n) is 30.7. The summed E-state index contributed by atoms with van der Waals surface area (Å²) in [5.41, 5.74) is 0. The van der Waals surface area contributed by atoms with Gasteiger partial charge in [-0.2, -0.15) is 0 Å². The van der Waals surface area contributed by atoms with Gasteiger partial charge in [0.1, 0.15) is 31.0 Å². The van der Waals surface area contributed by atoms with E-state index >= 15 is 0 Å². The monoisotopic (exact) mass is 742 g/mol. The highest BCUT2D eigenvalue weighted by Gasteiger charge is 2.58. The highest BCUT2D eigenvalue weighted by atomic mass is 31.2. The molecule has 0 aromatic heterocycles. The molecule has 0 aromatic carbocycles. The van der Waals surface area contributed by atoms with Gasteiger partial charge in [0, 0.05) is 6.42 Å². The molecule has 292 valence electrons. The summed E-state index contributed by atoms with van der Waals surface area (Å²) in [7, 11) is -4.45. The molecule has 0 spiro atoms. The van der Waals surface area contributed by atoms with E-state index in [2.05, 4.69) is 39.8 Å². The number of phosphoric ester groups is 1. The van der Waals surface area contributed by atoms with Crippen molar-refractivity contribution in [2.24, 2.45) is 0 Å². The maximum atomic E-state index is 13.8. The highest BCUT2D eigenvalue weighted by Crippen LogP contribution is 2.53. The lowest BCUT2D eigenvalue weighted by Gasteiger charge is -2.47. The molecule has 0 aromatic rings. The lowest BCUT2D eigenvalue weighted by atomic mass is 9.84. The van der Waals surface area contributed by atoms with Crippen molar-refractivity contribution >= 4 is 19.9 Å². The Morgan fingerprint density at radius 2 is 1.04 bits per heavy atom. The number of aliphatic hydroxyl groups excluding tert-OH is 1. The number of esters is 1. The fourth-order valence-corrected chi connectivity index (χ4v) is 6.89. The van der Waals surface area contributed by atoms with E-state index in [0.29, 0.717) is 6.42 Å². The molecule has 0 radical (unpaired) electrons. The summed E-state index contributed by atoms with van der Waals surface area (Å²) in [4.78, 5) is 26.0. The van der Waals surface area contributed by atoms with Crippen LogP contribution in [0.1, 0.15) is 96.8 Å². The Labute approximate surface area is 305 Å². The maximum Gasteiger partial charge on any atom is 0.509 e. The average molecular weight is 743 g/mol. The normalized spacial score (nSPS) is 21.7. The molecule has 1 aliphatic carbocycles. The first-order valence-electron chi connectivity index (χ1n) is 18.3. The molecule has 0 heterocycles. The minimum atomic E-state index is -4.45. The molecule has 1 aliphatic rings. The Kier molecular flexibility index (Phi) is 26.4. The SMILES string of the molecule is C=CCOC(=O)O[C@@H]1[C@@H](OCC=C)[C@@H](OC(=O)CCCCCCCCCCCCCCC)[C@@H](OP(=O)(OCC=C)OCC=C)[C@H](O)[C@H]1OCC=C. The molecule has 0 saturated heterocycles. The quantitative estimate of drug-likeness (QED) is 0.0305. The van der Waals surface area contributed by atoms with Crippen molar-refractivity contribution in [1.29, 1.82) is 0 Å². The summed E-state index contributed by atoms with van der Waals surface area (Å²) in [6.45, 7) is 19.4. The summed E-state index contributed by atoms with van der Waals surface area (Å²) in [6, 6.07) is 0. The number of rotatable bonds is 32. The number of unbranched alkanes of at least 4 members (excludes halogenated alkanes) is 12. The van der Waals surface area contributed by atoms with E-state index in [0.717, 1.165) is 25.7 Å². The van der Waals surface area contributed by atoms with Gasteiger partial charge in [-0.15, -0.1) is 26.3 Å². The van der Waals surface area contributed by atoms with E-state index in [1.165, 1.54) is 81.7 Å². The fourth-order valence-electron chi connectivity index (χ4n) is 5.57. The van der Waals surface area contributed by atoms with Crippen LogP contribution in [0.5, 0.6) is 0 Å². The topological polar surface area (TPSA) is 145 Å². The van der Waals surface area contributed by atoms with Crippen LogP contribution in [-0.4, -0.2) is 86.9 Å². The number of phosphoric acid groups is 1. The van der Waals surface area contributed by atoms with Crippen molar-refractivity contribution in [3.8, 4) is 0 Å². The van der Waals surface area contributed by atoms with Gasteiger partial charge in [-0.25, -0.2) is 9.36 Å². The first-order valence-corrected chi connectivity index (χ1v) is 19.7. The molecular formula is C38H63O12P. The molecule has 0 aliphatic heterocycles. The molecular weight excluding hydrogens is 679 g/mol. The van der Waals surface area contributed by atoms with E-state index in [1.807, 2.05) is 0 Å². The first kappa shape index (κ1) is 46.5. The molecule has 0 amide bonds. The summed E-state index contributed by atoms with van der Waals surface area (Å²) in [6.07, 6.45) is 11.9. The van der Waals surface area contributed by atoms with Crippen molar-refractivity contribution in [1.82, 2.24) is 0 Å². The van der Waals surface area contributed by atoms with Crippen molar-refractivity contribution < 1.29 is 56.5 Å². The number of carbonyl (C=O) groups is 2. The van der Waals surface area contributed by atoms with Crippen molar-refractivity contribution in [2.45, 2.75) is 133 Å². The Morgan fingerprint density at radius 3 is 1.53 bits per heavy atom. The van der Waals surface area contributed by atoms with Crippen LogP contribution in [0.25, 0.3) is 0 Å². The number of ether oxygens (including phenoxy) is 5. The second-order valence-corrected chi connectivity index (χ2v) is 13.9. The third kappa shape index (κ3) is 19.2. The maximum absolute atomic E-state index is 13.8. The largest absolute Gasteiger partial charge is 0.509 e. The molecule has 12 nitrogen and oxygen atoms in total. The van der Waals surface area contributed by atoms with E-state index in [9.17, 15) is 19.3 Å². The molecule has 1 saturated carbocycles. The Bertz CT molecular complexity index is 1050. The van der Waals surface area contributed by atoms with Crippen LogP contribution in [0.2, 0.25) is 0 Å². The third-order valence-corrected chi connectivity index (χ3v) is 9.47. The van der Waals surface area contributed by atoms with Crippen LogP contribution in [0.3, 0.4) is 0 Å². The van der Waals surface area contributed by atoms with E-state index < -0.39 is 56.6 Å². The second-order valence-electron chi connectivity index (χ2n) is 12.2. The Balaban J connectivity index is 3.16. The molecule has 1 N–H and O–H groups in total. The van der Waals surface area contributed by atoms with Gasteiger partial charge in [-0.1, -0.05) is 121 Å². The standard InChI is InChI=1S/C38H63O12P/c1-7-13-14-15-16-17-18-19-20-21-22-23-24-25-31(39)48-37-34(50-51(42,46-29-11-5)47-30-12-6)32(40)33(43-26-8-2)36(35(37)44-27-9-3)49-38(41)45-28-10-4/h8-12,32-37,40H,2-7,13-30H2,1H3/t32-,33-,34+,35-,36+,37+/m1/s1. The van der Waals surface area contributed by atoms with Crippen LogP contribution in [-0.2, 0) is 46.6 Å². The summed E-state index contributed by atoms with van der Waals surface area (Å²) < 4.78 is 58.7. The van der Waals surface area contributed by atoms with Crippen LogP contribution in [0, 0.1) is 0 Å². The van der Waals surface area contributed by atoms with Gasteiger partial charge in [-0.3, -0.25) is 18.4 Å². The minimum absolute atomic E-state index is 0.0616. The number of aliphatic hydroxyl groups is 1.